The van der Waals surface area contributed by atoms with Crippen LogP contribution in [0.2, 0.25) is 0 Å². The maximum atomic E-state index is 11.8. The number of carbonyl (C=O) groups is 1. The van der Waals surface area contributed by atoms with E-state index in [4.69, 9.17) is 0 Å². The molecule has 96 valence electrons. The molecule has 1 aromatic carbocycles. The minimum atomic E-state index is -0.515. The third kappa shape index (κ3) is 3.22. The van der Waals surface area contributed by atoms with Gasteiger partial charge in [-0.3, -0.25) is 14.9 Å². The highest BCUT2D eigenvalue weighted by atomic mass is 16.6. The highest BCUT2D eigenvalue weighted by Gasteiger charge is 2.16. The van der Waals surface area contributed by atoms with Crippen LogP contribution in [0.4, 0.5) is 5.69 Å². The first-order chi connectivity index (χ1) is 9.06. The first-order valence-corrected chi connectivity index (χ1v) is 5.77. The van der Waals surface area contributed by atoms with Gasteiger partial charge in [-0.1, -0.05) is 17.7 Å². The number of carbonyl (C=O) groups excluding carboxylic acids is 1. The highest BCUT2D eigenvalue weighted by Crippen LogP contribution is 2.16. The Kier molecular flexibility index (Phi) is 3.66. The molecule has 0 atom stereocenters. The monoisotopic (exact) mass is 256 g/mol. The number of benzene rings is 1. The molecule has 0 saturated heterocycles. The number of aryl methyl sites for hydroxylation is 1. The van der Waals surface area contributed by atoms with Crippen molar-refractivity contribution >= 4 is 17.2 Å². The lowest BCUT2D eigenvalue weighted by atomic mass is 10.2. The second kappa shape index (κ2) is 5.39. The SMILES string of the molecule is Cc1ccc(N=C2CC=C([N+](=O)[O-])C=CC2=O)cc1. The van der Waals surface area contributed by atoms with Crippen molar-refractivity contribution < 1.29 is 9.72 Å². The van der Waals surface area contributed by atoms with E-state index in [1.54, 1.807) is 0 Å². The third-order valence-corrected chi connectivity index (χ3v) is 2.70. The van der Waals surface area contributed by atoms with Gasteiger partial charge >= 0.3 is 0 Å². The normalized spacial score (nSPS) is 17.2. The summed E-state index contributed by atoms with van der Waals surface area (Å²) in [5.41, 5.74) is 1.99. The molecule has 1 aromatic rings. The summed E-state index contributed by atoms with van der Waals surface area (Å²) in [5.74, 6) is -0.298. The largest absolute Gasteiger partial charge is 0.288 e. The summed E-state index contributed by atoms with van der Waals surface area (Å²) in [6, 6.07) is 7.41. The maximum absolute atomic E-state index is 11.8. The number of aliphatic imine (C=N–C) groups is 1. The number of nitrogens with zero attached hydrogens (tertiary/aromatic N) is 2. The molecule has 0 saturated carbocycles. The van der Waals surface area contributed by atoms with E-state index in [9.17, 15) is 14.9 Å². The van der Waals surface area contributed by atoms with Crippen LogP contribution >= 0.6 is 0 Å². The molecule has 0 N–H and O–H groups in total. The minimum Gasteiger partial charge on any atom is -0.288 e. The molecular formula is C14H12N2O3. The average Bonchev–Trinajstić information content (AvgIpc) is 2.55. The predicted molar refractivity (Wildman–Crippen MR) is 72.1 cm³/mol. The number of nitro groups is 1. The van der Waals surface area contributed by atoms with Crippen LogP contribution in [-0.2, 0) is 4.79 Å². The first-order valence-electron chi connectivity index (χ1n) is 5.77. The molecule has 5 nitrogen and oxygen atoms in total. The lowest BCUT2D eigenvalue weighted by Crippen LogP contribution is -2.08. The number of hydrogen-bond acceptors (Lipinski definition) is 4. The smallest absolute Gasteiger partial charge is 0.266 e. The Hall–Kier alpha value is -2.56. The molecule has 0 aromatic heterocycles. The van der Waals surface area contributed by atoms with Gasteiger partial charge in [-0.25, -0.2) is 4.99 Å². The average molecular weight is 256 g/mol. The molecule has 5 heteroatoms. The topological polar surface area (TPSA) is 72.6 Å². The molecule has 1 aliphatic rings. The summed E-state index contributed by atoms with van der Waals surface area (Å²) in [5, 5.41) is 10.7. The molecule has 0 bridgehead atoms. The van der Waals surface area contributed by atoms with Crippen molar-refractivity contribution in [2.24, 2.45) is 4.99 Å². The highest BCUT2D eigenvalue weighted by molar-refractivity contribution is 6.45. The molecule has 2 rings (SSSR count). The van der Waals surface area contributed by atoms with E-state index in [0.717, 1.165) is 5.56 Å². The van der Waals surface area contributed by atoms with Gasteiger partial charge in [0.15, 0.2) is 0 Å². The first kappa shape index (κ1) is 12.9. The Morgan fingerprint density at radius 3 is 2.53 bits per heavy atom. The minimum absolute atomic E-state index is 0.0811. The van der Waals surface area contributed by atoms with Crippen molar-refractivity contribution in [2.45, 2.75) is 13.3 Å². The number of hydrogen-bond donors (Lipinski definition) is 0. The lowest BCUT2D eigenvalue weighted by Gasteiger charge is -1.99. The Bertz CT molecular complexity index is 610. The van der Waals surface area contributed by atoms with E-state index in [-0.39, 0.29) is 17.9 Å². The zero-order chi connectivity index (χ0) is 13.8. The zero-order valence-electron chi connectivity index (χ0n) is 10.4. The molecule has 0 fully saturated rings. The van der Waals surface area contributed by atoms with Crippen LogP contribution < -0.4 is 0 Å². The fourth-order valence-electron chi connectivity index (χ4n) is 1.64. The fourth-order valence-corrected chi connectivity index (χ4v) is 1.64. The fraction of sp³-hybridized carbons (Fsp3) is 0.143. The Morgan fingerprint density at radius 1 is 1.21 bits per heavy atom. The van der Waals surface area contributed by atoms with E-state index >= 15 is 0 Å². The molecule has 1 aliphatic carbocycles. The Morgan fingerprint density at radius 2 is 1.89 bits per heavy atom. The summed E-state index contributed by atoms with van der Waals surface area (Å²) in [6.07, 6.45) is 3.96. The molecule has 0 spiro atoms. The molecule has 0 heterocycles. The van der Waals surface area contributed by atoms with Gasteiger partial charge in [0.2, 0.25) is 5.78 Å². The Balaban J connectivity index is 2.30. The molecule has 0 aliphatic heterocycles. The third-order valence-electron chi connectivity index (χ3n) is 2.70. The van der Waals surface area contributed by atoms with Crippen LogP contribution in [0.3, 0.4) is 0 Å². The summed E-state index contributed by atoms with van der Waals surface area (Å²) in [6.45, 7) is 1.96. The van der Waals surface area contributed by atoms with Gasteiger partial charge in [-0.05, 0) is 31.2 Å². The molecular weight excluding hydrogens is 244 g/mol. The van der Waals surface area contributed by atoms with Crippen LogP contribution in [0.1, 0.15) is 12.0 Å². The maximum Gasteiger partial charge on any atom is 0.266 e. The van der Waals surface area contributed by atoms with Gasteiger partial charge in [-0.15, -0.1) is 0 Å². The van der Waals surface area contributed by atoms with E-state index in [2.05, 4.69) is 4.99 Å². The quantitative estimate of drug-likeness (QED) is 0.603. The van der Waals surface area contributed by atoms with Gasteiger partial charge in [0.05, 0.1) is 16.3 Å². The van der Waals surface area contributed by atoms with Crippen molar-refractivity contribution in [3.05, 3.63) is 63.9 Å². The summed E-state index contributed by atoms with van der Waals surface area (Å²) in [4.78, 5) is 26.2. The van der Waals surface area contributed by atoms with Crippen LogP contribution in [0, 0.1) is 17.0 Å². The zero-order valence-corrected chi connectivity index (χ0v) is 10.4. The van der Waals surface area contributed by atoms with E-state index in [0.29, 0.717) is 11.4 Å². The van der Waals surface area contributed by atoms with Gasteiger partial charge in [0.25, 0.3) is 5.70 Å². The summed E-state index contributed by atoms with van der Waals surface area (Å²) < 4.78 is 0. The van der Waals surface area contributed by atoms with Crippen LogP contribution in [0.15, 0.2) is 53.2 Å². The molecule has 0 amide bonds. The molecule has 19 heavy (non-hydrogen) atoms. The van der Waals surface area contributed by atoms with Crippen LogP contribution in [0.5, 0.6) is 0 Å². The van der Waals surface area contributed by atoms with Crippen molar-refractivity contribution in [3.8, 4) is 0 Å². The standard InChI is InChI=1S/C14H12N2O3/c1-10-2-4-11(5-3-10)15-13-8-6-12(16(18)19)7-9-14(13)17/h2-7,9H,8H2,1H3. The van der Waals surface area contributed by atoms with Crippen LogP contribution in [-0.4, -0.2) is 16.4 Å². The van der Waals surface area contributed by atoms with Gasteiger partial charge in [0.1, 0.15) is 0 Å². The van der Waals surface area contributed by atoms with E-state index in [1.165, 1.54) is 18.2 Å². The van der Waals surface area contributed by atoms with Crippen molar-refractivity contribution in [3.63, 3.8) is 0 Å². The van der Waals surface area contributed by atoms with Crippen molar-refractivity contribution in [2.75, 3.05) is 0 Å². The summed E-state index contributed by atoms with van der Waals surface area (Å²) >= 11 is 0. The number of ketones is 1. The van der Waals surface area contributed by atoms with Gasteiger partial charge in [0, 0.05) is 12.5 Å². The van der Waals surface area contributed by atoms with Gasteiger partial charge < -0.3 is 0 Å². The second-order valence-electron chi connectivity index (χ2n) is 4.18. The van der Waals surface area contributed by atoms with E-state index in [1.807, 2.05) is 31.2 Å². The molecule has 0 unspecified atom stereocenters. The van der Waals surface area contributed by atoms with E-state index < -0.39 is 4.92 Å². The van der Waals surface area contributed by atoms with Crippen LogP contribution in [0.25, 0.3) is 0 Å². The number of allylic oxidation sites excluding steroid dienone is 3. The number of rotatable bonds is 2. The van der Waals surface area contributed by atoms with Crippen molar-refractivity contribution in [1.82, 2.24) is 0 Å². The van der Waals surface area contributed by atoms with Gasteiger partial charge in [-0.2, -0.15) is 0 Å². The van der Waals surface area contributed by atoms with Crippen molar-refractivity contribution in [1.29, 1.82) is 0 Å². The Labute approximate surface area is 110 Å². The predicted octanol–water partition coefficient (Wildman–Crippen LogP) is 2.76. The second-order valence-corrected chi connectivity index (χ2v) is 4.18. The summed E-state index contributed by atoms with van der Waals surface area (Å²) in [7, 11) is 0. The lowest BCUT2D eigenvalue weighted by molar-refractivity contribution is -0.419. The molecule has 0 radical (unpaired) electrons.